The number of hydrogen-bond donors (Lipinski definition) is 1. The molecule has 1 aromatic heterocycles. The summed E-state index contributed by atoms with van der Waals surface area (Å²) >= 11 is 0. The summed E-state index contributed by atoms with van der Waals surface area (Å²) in [5, 5.41) is 8.38. The molecule has 0 radical (unpaired) electrons. The number of amides is 1. The zero-order valence-electron chi connectivity index (χ0n) is 11.5. The second-order valence-corrected chi connectivity index (χ2v) is 4.51. The molecular weight excluding hydrogens is 242 g/mol. The van der Waals surface area contributed by atoms with Crippen molar-refractivity contribution in [3.63, 3.8) is 0 Å². The molecule has 102 valence electrons. The normalized spacial score (nSPS) is 12.6. The van der Waals surface area contributed by atoms with Crippen LogP contribution in [0, 0.1) is 6.92 Å². The maximum Gasteiger partial charge on any atom is 0.244 e. The van der Waals surface area contributed by atoms with Crippen molar-refractivity contribution < 1.29 is 9.53 Å². The maximum atomic E-state index is 12.0. The highest BCUT2D eigenvalue weighted by Gasteiger charge is 2.18. The van der Waals surface area contributed by atoms with Gasteiger partial charge in [0.1, 0.15) is 6.04 Å². The van der Waals surface area contributed by atoms with Gasteiger partial charge in [0.05, 0.1) is 17.8 Å². The van der Waals surface area contributed by atoms with Gasteiger partial charge in [0.15, 0.2) is 0 Å². The minimum absolute atomic E-state index is 0.0506. The van der Waals surface area contributed by atoms with E-state index in [9.17, 15) is 4.79 Å². The topological polar surface area (TPSA) is 56.1 Å². The number of nitrogens with zero attached hydrogens (tertiary/aromatic N) is 2. The Morgan fingerprint density at radius 1 is 1.47 bits per heavy atom. The van der Waals surface area contributed by atoms with Crippen LogP contribution in [0.25, 0.3) is 10.9 Å². The molecule has 5 heteroatoms. The summed E-state index contributed by atoms with van der Waals surface area (Å²) < 4.78 is 6.69. The number of carbonyl (C=O) groups excluding carboxylic acids is 1. The number of ether oxygens (including phenoxy) is 1. The monoisotopic (exact) mass is 261 g/mol. The number of nitrogens with one attached hydrogen (secondary N) is 1. The van der Waals surface area contributed by atoms with Crippen LogP contribution in [0.2, 0.25) is 0 Å². The molecule has 2 rings (SSSR count). The molecule has 0 saturated carbocycles. The van der Waals surface area contributed by atoms with Crippen LogP contribution in [0.15, 0.2) is 24.3 Å². The van der Waals surface area contributed by atoms with Crippen LogP contribution in [-0.2, 0) is 9.53 Å². The van der Waals surface area contributed by atoms with Crippen molar-refractivity contribution in [1.29, 1.82) is 0 Å². The van der Waals surface area contributed by atoms with Crippen LogP contribution >= 0.6 is 0 Å². The smallest absolute Gasteiger partial charge is 0.244 e. The molecule has 0 aliphatic rings. The van der Waals surface area contributed by atoms with Crippen molar-refractivity contribution in [2.45, 2.75) is 19.9 Å². The first-order chi connectivity index (χ1) is 9.15. The van der Waals surface area contributed by atoms with Gasteiger partial charge in [-0.05, 0) is 19.9 Å². The van der Waals surface area contributed by atoms with E-state index in [2.05, 4.69) is 10.4 Å². The second kappa shape index (κ2) is 5.84. The molecule has 0 bridgehead atoms. The van der Waals surface area contributed by atoms with Crippen LogP contribution in [0.5, 0.6) is 0 Å². The summed E-state index contributed by atoms with van der Waals surface area (Å²) in [4.78, 5) is 12.0. The third kappa shape index (κ3) is 2.76. The average molecular weight is 261 g/mol. The molecule has 5 nitrogen and oxygen atoms in total. The summed E-state index contributed by atoms with van der Waals surface area (Å²) in [5.74, 6) is -0.0506. The number of rotatable bonds is 5. The molecule has 1 unspecified atom stereocenters. The molecule has 0 aliphatic heterocycles. The standard InChI is InChI=1S/C14H19N3O2/c1-10-12-6-4-5-7-13(12)17(16-10)11(2)14(18)15-8-9-19-3/h4-7,11H,8-9H2,1-3H3,(H,15,18). The van der Waals surface area contributed by atoms with Gasteiger partial charge in [-0.15, -0.1) is 0 Å². The third-order valence-electron chi connectivity index (χ3n) is 3.15. The quantitative estimate of drug-likeness (QED) is 0.833. The zero-order valence-corrected chi connectivity index (χ0v) is 11.5. The van der Waals surface area contributed by atoms with Crippen molar-refractivity contribution in [2.75, 3.05) is 20.3 Å². The molecule has 1 heterocycles. The van der Waals surface area contributed by atoms with Crippen molar-refractivity contribution in [3.05, 3.63) is 30.0 Å². The number of benzene rings is 1. The van der Waals surface area contributed by atoms with Crippen molar-refractivity contribution >= 4 is 16.8 Å². The van der Waals surface area contributed by atoms with Gasteiger partial charge in [-0.3, -0.25) is 9.48 Å². The van der Waals surface area contributed by atoms with Gasteiger partial charge in [0.2, 0.25) is 5.91 Å². The first-order valence-corrected chi connectivity index (χ1v) is 6.35. The van der Waals surface area contributed by atoms with E-state index < -0.39 is 0 Å². The van der Waals surface area contributed by atoms with Crippen LogP contribution in [0.4, 0.5) is 0 Å². The average Bonchev–Trinajstić information content (AvgIpc) is 2.76. The lowest BCUT2D eigenvalue weighted by Crippen LogP contribution is -2.33. The fraction of sp³-hybridized carbons (Fsp3) is 0.429. The summed E-state index contributed by atoms with van der Waals surface area (Å²) in [6.07, 6.45) is 0. The predicted molar refractivity (Wildman–Crippen MR) is 74.1 cm³/mol. The number of carbonyl (C=O) groups is 1. The van der Waals surface area contributed by atoms with Gasteiger partial charge in [-0.2, -0.15) is 5.10 Å². The molecule has 0 aliphatic carbocycles. The SMILES string of the molecule is COCCNC(=O)C(C)n1nc(C)c2ccccc21. The van der Waals surface area contributed by atoms with Gasteiger partial charge in [-0.1, -0.05) is 18.2 Å². The number of methoxy groups -OCH3 is 1. The Hall–Kier alpha value is -1.88. The minimum atomic E-state index is -0.338. The maximum absolute atomic E-state index is 12.0. The van der Waals surface area contributed by atoms with Crippen LogP contribution < -0.4 is 5.32 Å². The Labute approximate surface area is 112 Å². The molecule has 0 spiro atoms. The number of fused-ring (bicyclic) bond motifs is 1. The van der Waals surface area contributed by atoms with Gasteiger partial charge in [-0.25, -0.2) is 0 Å². The predicted octanol–water partition coefficient (Wildman–Crippen LogP) is 1.67. The van der Waals surface area contributed by atoms with Crippen LogP contribution in [0.3, 0.4) is 0 Å². The molecule has 19 heavy (non-hydrogen) atoms. The lowest BCUT2D eigenvalue weighted by atomic mass is 10.2. The third-order valence-corrected chi connectivity index (χ3v) is 3.15. The fourth-order valence-corrected chi connectivity index (χ4v) is 2.08. The number of aryl methyl sites for hydroxylation is 1. The summed E-state index contributed by atoms with van der Waals surface area (Å²) in [7, 11) is 1.61. The number of para-hydroxylation sites is 1. The Morgan fingerprint density at radius 2 is 2.21 bits per heavy atom. The molecule has 1 amide bonds. The van der Waals surface area contributed by atoms with Crippen molar-refractivity contribution in [1.82, 2.24) is 15.1 Å². The summed E-state index contributed by atoms with van der Waals surface area (Å²) in [6.45, 7) is 4.82. The molecule has 1 N–H and O–H groups in total. The van der Waals surface area contributed by atoms with Crippen LogP contribution in [-0.4, -0.2) is 35.9 Å². The van der Waals surface area contributed by atoms with E-state index in [-0.39, 0.29) is 11.9 Å². The molecule has 0 saturated heterocycles. The highest BCUT2D eigenvalue weighted by atomic mass is 16.5. The van der Waals surface area contributed by atoms with E-state index >= 15 is 0 Å². The van der Waals surface area contributed by atoms with E-state index in [1.165, 1.54) is 0 Å². The molecule has 0 fully saturated rings. The highest BCUT2D eigenvalue weighted by Crippen LogP contribution is 2.21. The van der Waals surface area contributed by atoms with Gasteiger partial charge < -0.3 is 10.1 Å². The van der Waals surface area contributed by atoms with Crippen LogP contribution in [0.1, 0.15) is 18.7 Å². The lowest BCUT2D eigenvalue weighted by molar-refractivity contribution is -0.124. The fourth-order valence-electron chi connectivity index (χ4n) is 2.08. The highest BCUT2D eigenvalue weighted by molar-refractivity contribution is 5.86. The van der Waals surface area contributed by atoms with E-state index in [1.54, 1.807) is 11.8 Å². The van der Waals surface area contributed by atoms with E-state index in [0.717, 1.165) is 16.6 Å². The Bertz CT molecular complexity index is 577. The second-order valence-electron chi connectivity index (χ2n) is 4.51. The Balaban J connectivity index is 2.21. The lowest BCUT2D eigenvalue weighted by Gasteiger charge is -2.13. The van der Waals surface area contributed by atoms with E-state index in [0.29, 0.717) is 13.2 Å². The molecular formula is C14H19N3O2. The zero-order chi connectivity index (χ0) is 13.8. The first-order valence-electron chi connectivity index (χ1n) is 6.35. The van der Waals surface area contributed by atoms with Crippen molar-refractivity contribution in [2.24, 2.45) is 0 Å². The summed E-state index contributed by atoms with van der Waals surface area (Å²) in [5.41, 5.74) is 1.92. The van der Waals surface area contributed by atoms with Gasteiger partial charge >= 0.3 is 0 Å². The molecule has 1 atom stereocenters. The number of aromatic nitrogens is 2. The van der Waals surface area contributed by atoms with E-state index in [4.69, 9.17) is 4.74 Å². The summed E-state index contributed by atoms with van der Waals surface area (Å²) in [6, 6.07) is 7.59. The minimum Gasteiger partial charge on any atom is -0.383 e. The van der Waals surface area contributed by atoms with E-state index in [1.807, 2.05) is 38.1 Å². The van der Waals surface area contributed by atoms with Gasteiger partial charge in [0, 0.05) is 19.0 Å². The Morgan fingerprint density at radius 3 is 2.95 bits per heavy atom. The van der Waals surface area contributed by atoms with Crippen molar-refractivity contribution in [3.8, 4) is 0 Å². The molecule has 2 aromatic rings. The first kappa shape index (κ1) is 13.5. The Kier molecular flexibility index (Phi) is 4.16. The van der Waals surface area contributed by atoms with Gasteiger partial charge in [0.25, 0.3) is 0 Å². The number of hydrogen-bond acceptors (Lipinski definition) is 3. The largest absolute Gasteiger partial charge is 0.383 e. The molecule has 1 aromatic carbocycles.